The molecule has 0 N–H and O–H groups in total. The second-order valence-electron chi connectivity index (χ2n) is 12.5. The number of hydrogen-bond acceptors (Lipinski definition) is 4. The third-order valence-electron chi connectivity index (χ3n) is 5.98. The molecule has 0 atom stereocenters. The summed E-state index contributed by atoms with van der Waals surface area (Å²) >= 11 is 0. The zero-order chi connectivity index (χ0) is 23.8. The number of rotatable bonds is 1. The Balaban J connectivity index is 2.24. The number of imidazole rings is 1. The molecule has 0 saturated heterocycles. The molecule has 4 heterocycles. The zero-order valence-electron chi connectivity index (χ0n) is 21.5. The molecule has 0 aliphatic rings. The van der Waals surface area contributed by atoms with E-state index in [1.165, 1.54) is 0 Å². The van der Waals surface area contributed by atoms with Crippen molar-refractivity contribution in [2.45, 2.75) is 98.3 Å². The van der Waals surface area contributed by atoms with Gasteiger partial charge >= 0.3 is 0 Å². The van der Waals surface area contributed by atoms with Crippen LogP contribution in [0.15, 0.2) is 18.3 Å². The number of aromatic nitrogens is 5. The summed E-state index contributed by atoms with van der Waals surface area (Å²) < 4.78 is 2.21. The summed E-state index contributed by atoms with van der Waals surface area (Å²) in [6.07, 6.45) is 1.96. The van der Waals surface area contributed by atoms with E-state index in [1.54, 1.807) is 0 Å². The standard InChI is InChI=1S/C27H37N5/c1-15(2)22-21-17(13-20(31-22)26(6,7)8)30-24(27(9,10)11)32-18-14-28-19(25(3,4)5)12-16(18)29-23(21)32/h12-15H,1-11H3. The maximum atomic E-state index is 5.24. The Labute approximate surface area is 191 Å². The van der Waals surface area contributed by atoms with Crippen LogP contribution in [0.25, 0.3) is 27.6 Å². The molecule has 5 nitrogen and oxygen atoms in total. The highest BCUT2D eigenvalue weighted by Crippen LogP contribution is 2.36. The molecule has 32 heavy (non-hydrogen) atoms. The lowest BCUT2D eigenvalue weighted by molar-refractivity contribution is 0.541. The third kappa shape index (κ3) is 3.66. The minimum atomic E-state index is -0.161. The molecule has 0 aliphatic carbocycles. The molecule has 0 bridgehead atoms. The minimum absolute atomic E-state index is 0.0383. The molecule has 0 fully saturated rings. The summed E-state index contributed by atoms with van der Waals surface area (Å²) in [6.45, 7) is 24.2. The van der Waals surface area contributed by atoms with Gasteiger partial charge in [0.25, 0.3) is 0 Å². The Morgan fingerprint density at radius 1 is 0.719 bits per heavy atom. The van der Waals surface area contributed by atoms with Crippen LogP contribution in [-0.2, 0) is 16.2 Å². The van der Waals surface area contributed by atoms with E-state index in [1.807, 2.05) is 6.20 Å². The van der Waals surface area contributed by atoms with E-state index < -0.39 is 0 Å². The van der Waals surface area contributed by atoms with Crippen LogP contribution in [0.1, 0.15) is 105 Å². The fourth-order valence-corrected chi connectivity index (χ4v) is 4.11. The van der Waals surface area contributed by atoms with Crippen LogP contribution in [0.2, 0.25) is 0 Å². The van der Waals surface area contributed by atoms with Crippen LogP contribution < -0.4 is 0 Å². The minimum Gasteiger partial charge on any atom is -0.278 e. The van der Waals surface area contributed by atoms with Crippen molar-refractivity contribution in [3.63, 3.8) is 0 Å². The second kappa shape index (κ2) is 6.97. The average Bonchev–Trinajstić information content (AvgIpc) is 3.02. The van der Waals surface area contributed by atoms with Crippen LogP contribution in [0.3, 0.4) is 0 Å². The first kappa shape index (κ1) is 22.6. The third-order valence-corrected chi connectivity index (χ3v) is 5.98. The molecular formula is C27H37N5. The first-order valence-electron chi connectivity index (χ1n) is 11.6. The number of fused-ring (bicyclic) bond motifs is 5. The summed E-state index contributed by atoms with van der Waals surface area (Å²) in [5.41, 5.74) is 6.78. The maximum absolute atomic E-state index is 5.24. The van der Waals surface area contributed by atoms with E-state index in [4.69, 9.17) is 19.9 Å². The highest BCUT2D eigenvalue weighted by atomic mass is 15.1. The van der Waals surface area contributed by atoms with Crippen molar-refractivity contribution in [3.05, 3.63) is 41.2 Å². The summed E-state index contributed by atoms with van der Waals surface area (Å²) in [5.74, 6) is 1.25. The molecular weight excluding hydrogens is 394 g/mol. The zero-order valence-corrected chi connectivity index (χ0v) is 21.5. The van der Waals surface area contributed by atoms with Crippen molar-refractivity contribution in [1.29, 1.82) is 0 Å². The molecule has 0 aliphatic heterocycles. The Kier molecular flexibility index (Phi) is 4.93. The van der Waals surface area contributed by atoms with Gasteiger partial charge < -0.3 is 0 Å². The van der Waals surface area contributed by atoms with Crippen LogP contribution >= 0.6 is 0 Å². The number of hydrogen-bond donors (Lipinski definition) is 0. The van der Waals surface area contributed by atoms with Gasteiger partial charge in [-0.3, -0.25) is 14.4 Å². The van der Waals surface area contributed by atoms with Crippen LogP contribution in [-0.4, -0.2) is 24.3 Å². The van der Waals surface area contributed by atoms with Gasteiger partial charge in [0.1, 0.15) is 5.82 Å². The lowest BCUT2D eigenvalue weighted by Crippen LogP contribution is -2.21. The Hall–Kier alpha value is -2.56. The van der Waals surface area contributed by atoms with Crippen molar-refractivity contribution in [1.82, 2.24) is 24.3 Å². The second-order valence-corrected chi connectivity index (χ2v) is 12.5. The van der Waals surface area contributed by atoms with Crippen LogP contribution in [0.5, 0.6) is 0 Å². The fourth-order valence-electron chi connectivity index (χ4n) is 4.11. The lowest BCUT2D eigenvalue weighted by Gasteiger charge is -2.24. The van der Waals surface area contributed by atoms with E-state index in [0.717, 1.165) is 50.5 Å². The van der Waals surface area contributed by atoms with Gasteiger partial charge in [0.05, 0.1) is 33.8 Å². The summed E-state index contributed by atoms with van der Waals surface area (Å²) in [5, 5.41) is 1.05. The summed E-state index contributed by atoms with van der Waals surface area (Å²) in [6, 6.07) is 4.29. The summed E-state index contributed by atoms with van der Waals surface area (Å²) in [7, 11) is 0. The Morgan fingerprint density at radius 3 is 1.84 bits per heavy atom. The molecule has 0 saturated carbocycles. The van der Waals surface area contributed by atoms with Crippen molar-refractivity contribution < 1.29 is 0 Å². The van der Waals surface area contributed by atoms with Gasteiger partial charge in [-0.1, -0.05) is 76.2 Å². The number of pyridine rings is 2. The fraction of sp³-hybridized carbons (Fsp3) is 0.556. The molecule has 0 amide bonds. The van der Waals surface area contributed by atoms with Crippen molar-refractivity contribution in [3.8, 4) is 0 Å². The predicted octanol–water partition coefficient (Wildman–Crippen LogP) is 6.84. The quantitative estimate of drug-likeness (QED) is 0.331. The Bertz CT molecular complexity index is 1340. The molecule has 4 aromatic rings. The van der Waals surface area contributed by atoms with E-state index >= 15 is 0 Å². The highest BCUT2D eigenvalue weighted by molar-refractivity contribution is 5.98. The maximum Gasteiger partial charge on any atom is 0.150 e. The van der Waals surface area contributed by atoms with Gasteiger partial charge in [-0.05, 0) is 18.1 Å². The van der Waals surface area contributed by atoms with Gasteiger partial charge in [-0.15, -0.1) is 0 Å². The molecule has 170 valence electrons. The van der Waals surface area contributed by atoms with Gasteiger partial charge in [-0.2, -0.15) is 0 Å². The first-order valence-corrected chi connectivity index (χ1v) is 11.6. The summed E-state index contributed by atoms with van der Waals surface area (Å²) in [4.78, 5) is 20.3. The normalized spacial score (nSPS) is 13.8. The van der Waals surface area contributed by atoms with Gasteiger partial charge in [0.2, 0.25) is 0 Å². The van der Waals surface area contributed by atoms with Crippen LogP contribution in [0, 0.1) is 0 Å². The molecule has 0 aromatic carbocycles. The monoisotopic (exact) mass is 431 g/mol. The predicted molar refractivity (Wildman–Crippen MR) is 134 cm³/mol. The number of nitrogens with zero attached hydrogens (tertiary/aromatic N) is 5. The lowest BCUT2D eigenvalue weighted by atomic mass is 9.89. The molecule has 0 radical (unpaired) electrons. The largest absolute Gasteiger partial charge is 0.278 e. The van der Waals surface area contributed by atoms with E-state index in [2.05, 4.69) is 92.7 Å². The average molecular weight is 432 g/mol. The topological polar surface area (TPSA) is 56.0 Å². The molecule has 5 heteroatoms. The molecule has 4 aromatic heterocycles. The van der Waals surface area contributed by atoms with Crippen molar-refractivity contribution in [2.75, 3.05) is 0 Å². The van der Waals surface area contributed by atoms with Crippen molar-refractivity contribution in [2.24, 2.45) is 0 Å². The van der Waals surface area contributed by atoms with Crippen molar-refractivity contribution >= 4 is 27.6 Å². The van der Waals surface area contributed by atoms with Gasteiger partial charge in [-0.25, -0.2) is 9.97 Å². The molecule has 0 spiro atoms. The first-order chi connectivity index (χ1) is 14.6. The van der Waals surface area contributed by atoms with E-state index in [-0.39, 0.29) is 22.2 Å². The van der Waals surface area contributed by atoms with E-state index in [0.29, 0.717) is 0 Å². The van der Waals surface area contributed by atoms with E-state index in [9.17, 15) is 0 Å². The van der Waals surface area contributed by atoms with Crippen LogP contribution in [0.4, 0.5) is 0 Å². The van der Waals surface area contributed by atoms with Gasteiger partial charge in [0, 0.05) is 27.6 Å². The molecule has 4 rings (SSSR count). The smallest absolute Gasteiger partial charge is 0.150 e. The Morgan fingerprint density at radius 2 is 1.31 bits per heavy atom. The highest BCUT2D eigenvalue weighted by Gasteiger charge is 2.28. The SMILES string of the molecule is CC(C)c1nc(C(C)(C)C)cc2nc(C(C)(C)C)n3c4cnc(C(C)(C)C)cc4nc3c12. The molecule has 0 unspecified atom stereocenters. The van der Waals surface area contributed by atoms with Gasteiger partial charge in [0.15, 0.2) is 5.65 Å².